The van der Waals surface area contributed by atoms with Crippen molar-refractivity contribution in [2.24, 2.45) is 11.3 Å². The molecular formula is C11H19BrO. The zero-order valence-corrected chi connectivity index (χ0v) is 10.6. The van der Waals surface area contributed by atoms with E-state index in [1.54, 1.807) is 0 Å². The molecule has 0 aromatic heterocycles. The van der Waals surface area contributed by atoms with E-state index < -0.39 is 0 Å². The first-order valence-electron chi connectivity index (χ1n) is 5.09. The van der Waals surface area contributed by atoms with Crippen molar-refractivity contribution in [2.45, 2.75) is 51.7 Å². The fraction of sp³-hybridized carbons (Fsp3) is 1.00. The summed E-state index contributed by atoms with van der Waals surface area (Å²) in [5, 5.41) is 1.13. The first kappa shape index (κ1) is 9.97. The summed E-state index contributed by atoms with van der Waals surface area (Å²) >= 11 is 3.59. The normalized spacial score (nSPS) is 45.5. The van der Waals surface area contributed by atoms with Crippen molar-refractivity contribution in [1.82, 2.24) is 0 Å². The van der Waals surface area contributed by atoms with Gasteiger partial charge in [0, 0.05) is 10.7 Å². The largest absolute Gasteiger partial charge is 0.369 e. The Bertz CT molecular complexity index is 234. The Balaban J connectivity index is 2.23. The second-order valence-corrected chi connectivity index (χ2v) is 6.41. The van der Waals surface area contributed by atoms with E-state index >= 15 is 0 Å². The molecule has 1 aliphatic heterocycles. The molecule has 2 atom stereocenters. The molecule has 0 aromatic rings. The van der Waals surface area contributed by atoms with Crippen LogP contribution in [0.1, 0.15) is 40.5 Å². The molecule has 2 heteroatoms. The third-order valence-electron chi connectivity index (χ3n) is 3.89. The van der Waals surface area contributed by atoms with Gasteiger partial charge in [0.2, 0.25) is 0 Å². The van der Waals surface area contributed by atoms with Crippen LogP contribution in [0.15, 0.2) is 0 Å². The number of rotatable bonds is 1. The third kappa shape index (κ3) is 1.29. The van der Waals surface area contributed by atoms with Crippen molar-refractivity contribution in [3.05, 3.63) is 0 Å². The summed E-state index contributed by atoms with van der Waals surface area (Å²) in [5.74, 6) is 0.837. The summed E-state index contributed by atoms with van der Waals surface area (Å²) in [6.07, 6.45) is 2.57. The van der Waals surface area contributed by atoms with Crippen LogP contribution in [0.3, 0.4) is 0 Å². The molecule has 76 valence electrons. The van der Waals surface area contributed by atoms with E-state index in [2.05, 4.69) is 43.6 Å². The van der Waals surface area contributed by atoms with Gasteiger partial charge in [-0.15, -0.1) is 0 Å². The van der Waals surface area contributed by atoms with E-state index in [0.29, 0.717) is 5.41 Å². The predicted octanol–water partition coefficient (Wildman–Crippen LogP) is 3.37. The summed E-state index contributed by atoms with van der Waals surface area (Å²) in [7, 11) is 0. The quantitative estimate of drug-likeness (QED) is 0.645. The molecule has 1 saturated heterocycles. The molecule has 0 radical (unpaired) electrons. The summed E-state index contributed by atoms with van der Waals surface area (Å²) in [4.78, 5) is 0. The van der Waals surface area contributed by atoms with E-state index in [1.807, 2.05) is 0 Å². The number of hydrogen-bond donors (Lipinski definition) is 0. The highest BCUT2D eigenvalue weighted by molar-refractivity contribution is 9.09. The van der Waals surface area contributed by atoms with Crippen molar-refractivity contribution < 1.29 is 4.74 Å². The maximum Gasteiger partial charge on any atom is 0.0693 e. The first-order valence-corrected chi connectivity index (χ1v) is 6.21. The zero-order valence-electron chi connectivity index (χ0n) is 8.98. The minimum Gasteiger partial charge on any atom is -0.369 e. The summed E-state index contributed by atoms with van der Waals surface area (Å²) in [5.41, 5.74) is 0.634. The minimum absolute atomic E-state index is 0.0783. The van der Waals surface area contributed by atoms with Crippen molar-refractivity contribution in [3.63, 3.8) is 0 Å². The average molecular weight is 247 g/mol. The smallest absolute Gasteiger partial charge is 0.0693 e. The molecule has 0 aromatic carbocycles. The summed E-state index contributed by atoms with van der Waals surface area (Å²) in [6, 6.07) is 0. The molecule has 1 saturated carbocycles. The SMILES string of the molecule is CC1(C)CC2(CC2CBr)C(C)(C)O1. The fourth-order valence-corrected chi connectivity index (χ4v) is 4.19. The van der Waals surface area contributed by atoms with Gasteiger partial charge < -0.3 is 4.74 Å². The summed E-state index contributed by atoms with van der Waals surface area (Å²) in [6.45, 7) is 8.94. The Labute approximate surface area is 89.4 Å². The van der Waals surface area contributed by atoms with E-state index in [0.717, 1.165) is 11.2 Å². The fourth-order valence-electron chi connectivity index (χ4n) is 3.34. The lowest BCUT2D eigenvalue weighted by Crippen LogP contribution is -2.31. The Kier molecular flexibility index (Phi) is 1.93. The molecule has 2 aliphatic rings. The van der Waals surface area contributed by atoms with Gasteiger partial charge in [0.25, 0.3) is 0 Å². The van der Waals surface area contributed by atoms with Crippen LogP contribution < -0.4 is 0 Å². The Hall–Kier alpha value is 0.440. The lowest BCUT2D eigenvalue weighted by molar-refractivity contribution is -0.0795. The Morgan fingerprint density at radius 2 is 1.92 bits per heavy atom. The van der Waals surface area contributed by atoms with Gasteiger partial charge >= 0.3 is 0 Å². The Morgan fingerprint density at radius 3 is 2.23 bits per heavy atom. The molecule has 2 fully saturated rings. The first-order chi connectivity index (χ1) is 5.83. The summed E-state index contributed by atoms with van der Waals surface area (Å²) < 4.78 is 6.13. The lowest BCUT2D eigenvalue weighted by atomic mass is 9.82. The Morgan fingerprint density at radius 1 is 1.31 bits per heavy atom. The monoisotopic (exact) mass is 246 g/mol. The van der Waals surface area contributed by atoms with E-state index in [-0.39, 0.29) is 11.2 Å². The predicted molar refractivity (Wildman–Crippen MR) is 58.2 cm³/mol. The van der Waals surface area contributed by atoms with Gasteiger partial charge in [-0.1, -0.05) is 15.9 Å². The molecule has 0 bridgehead atoms. The van der Waals surface area contributed by atoms with E-state index in [1.165, 1.54) is 12.8 Å². The number of halogens is 1. The molecule has 2 unspecified atom stereocenters. The van der Waals surface area contributed by atoms with Gasteiger partial charge in [0.05, 0.1) is 11.2 Å². The number of ether oxygens (including phenoxy) is 1. The highest BCUT2D eigenvalue weighted by Gasteiger charge is 2.69. The van der Waals surface area contributed by atoms with Gasteiger partial charge in [-0.05, 0) is 46.5 Å². The maximum atomic E-state index is 6.13. The third-order valence-corrected chi connectivity index (χ3v) is 4.67. The van der Waals surface area contributed by atoms with Crippen LogP contribution in [0, 0.1) is 11.3 Å². The molecule has 1 nitrogen and oxygen atoms in total. The van der Waals surface area contributed by atoms with Gasteiger partial charge in [-0.25, -0.2) is 0 Å². The van der Waals surface area contributed by atoms with Crippen LogP contribution in [-0.4, -0.2) is 16.5 Å². The highest BCUT2D eigenvalue weighted by atomic mass is 79.9. The van der Waals surface area contributed by atoms with Gasteiger partial charge in [0.1, 0.15) is 0 Å². The topological polar surface area (TPSA) is 9.23 Å². The molecule has 0 N–H and O–H groups in total. The molecule has 2 rings (SSSR count). The lowest BCUT2D eigenvalue weighted by Gasteiger charge is -2.28. The van der Waals surface area contributed by atoms with E-state index in [4.69, 9.17) is 4.74 Å². The van der Waals surface area contributed by atoms with Gasteiger partial charge in [-0.3, -0.25) is 0 Å². The van der Waals surface area contributed by atoms with Crippen molar-refractivity contribution >= 4 is 15.9 Å². The van der Waals surface area contributed by atoms with Crippen molar-refractivity contribution in [1.29, 1.82) is 0 Å². The molecule has 1 heterocycles. The molecule has 1 spiro atoms. The minimum atomic E-state index is 0.0783. The standard InChI is InChI=1S/C11H19BrO/c1-9(2)7-11(5-8(11)6-12)10(3,4)13-9/h8H,5-7H2,1-4H3. The van der Waals surface area contributed by atoms with Crippen LogP contribution >= 0.6 is 15.9 Å². The molecule has 13 heavy (non-hydrogen) atoms. The van der Waals surface area contributed by atoms with Crippen molar-refractivity contribution in [2.75, 3.05) is 5.33 Å². The molecule has 1 aliphatic carbocycles. The number of alkyl halides is 1. The van der Waals surface area contributed by atoms with Gasteiger partial charge in [0.15, 0.2) is 0 Å². The molecular weight excluding hydrogens is 228 g/mol. The van der Waals surface area contributed by atoms with Crippen LogP contribution in [0.25, 0.3) is 0 Å². The second kappa shape index (κ2) is 2.52. The van der Waals surface area contributed by atoms with Crippen LogP contribution in [0.4, 0.5) is 0 Å². The van der Waals surface area contributed by atoms with Crippen molar-refractivity contribution in [3.8, 4) is 0 Å². The van der Waals surface area contributed by atoms with E-state index in [9.17, 15) is 0 Å². The van der Waals surface area contributed by atoms with Crippen LogP contribution in [0.5, 0.6) is 0 Å². The van der Waals surface area contributed by atoms with Crippen LogP contribution in [0.2, 0.25) is 0 Å². The van der Waals surface area contributed by atoms with Gasteiger partial charge in [-0.2, -0.15) is 0 Å². The highest BCUT2D eigenvalue weighted by Crippen LogP contribution is 2.69. The average Bonchev–Trinajstić information content (AvgIpc) is 2.55. The second-order valence-electron chi connectivity index (χ2n) is 5.76. The van der Waals surface area contributed by atoms with Crippen LogP contribution in [-0.2, 0) is 4.74 Å². The number of hydrogen-bond acceptors (Lipinski definition) is 1. The zero-order chi connectivity index (χ0) is 9.91. The molecule has 0 amide bonds. The maximum absolute atomic E-state index is 6.13.